The molecule has 1 N–H and O–H groups in total. The Kier molecular flexibility index (Phi) is 10.5. The number of unbranched alkanes of at least 4 members (excludes halogenated alkanes) is 2. The average molecular weight is 394 g/mol. The van der Waals surface area contributed by atoms with Crippen molar-refractivity contribution in [2.75, 3.05) is 56.5 Å². The highest BCUT2D eigenvalue weighted by Crippen LogP contribution is 2.25. The molecule has 0 aliphatic carbocycles. The normalized spacial score (nSPS) is 15.0. The third-order valence-electron chi connectivity index (χ3n) is 4.70. The lowest BCUT2D eigenvalue weighted by Gasteiger charge is -2.36. The van der Waals surface area contributed by atoms with Gasteiger partial charge >= 0.3 is 6.09 Å². The lowest BCUT2D eigenvalue weighted by molar-refractivity contribution is 0.143. The number of rotatable bonds is 11. The Balaban J connectivity index is 1.59. The number of thioether (sulfide) groups is 1. The van der Waals surface area contributed by atoms with Crippen LogP contribution in [0.4, 0.5) is 10.5 Å². The molecular formula is C21H35N3O2S. The summed E-state index contributed by atoms with van der Waals surface area (Å²) in [6, 6.07) is 8.98. The maximum atomic E-state index is 11.2. The summed E-state index contributed by atoms with van der Waals surface area (Å²) in [6.45, 7) is 10.9. The van der Waals surface area contributed by atoms with E-state index in [1.807, 2.05) is 18.7 Å². The highest BCUT2D eigenvalue weighted by molar-refractivity contribution is 7.99. The molecule has 0 bridgehead atoms. The summed E-state index contributed by atoms with van der Waals surface area (Å²) >= 11 is 1.95. The van der Waals surface area contributed by atoms with Gasteiger partial charge in [0.25, 0.3) is 0 Å². The van der Waals surface area contributed by atoms with Crippen molar-refractivity contribution in [3.63, 3.8) is 0 Å². The number of benzene rings is 1. The molecule has 1 aliphatic rings. The molecule has 1 fully saturated rings. The van der Waals surface area contributed by atoms with Crippen molar-refractivity contribution in [2.45, 2.75) is 44.4 Å². The molecule has 2 rings (SSSR count). The zero-order valence-electron chi connectivity index (χ0n) is 16.9. The summed E-state index contributed by atoms with van der Waals surface area (Å²) in [5.74, 6) is 1.19. The highest BCUT2D eigenvalue weighted by Gasteiger charge is 2.17. The minimum Gasteiger partial charge on any atom is -0.450 e. The summed E-state index contributed by atoms with van der Waals surface area (Å²) in [5, 5.41) is 2.64. The third-order valence-corrected chi connectivity index (χ3v) is 5.90. The number of alkyl carbamates (subject to hydrolysis) is 1. The molecule has 0 aromatic heterocycles. The molecule has 1 aliphatic heterocycles. The van der Waals surface area contributed by atoms with Crippen LogP contribution in [0.25, 0.3) is 0 Å². The fourth-order valence-corrected chi connectivity index (χ4v) is 4.01. The van der Waals surface area contributed by atoms with Crippen molar-refractivity contribution in [3.05, 3.63) is 24.3 Å². The molecule has 0 radical (unpaired) electrons. The number of ether oxygens (including phenoxy) is 1. The summed E-state index contributed by atoms with van der Waals surface area (Å²) in [7, 11) is 0. The van der Waals surface area contributed by atoms with Crippen LogP contribution in [0.15, 0.2) is 29.2 Å². The first-order chi connectivity index (χ1) is 13.2. The molecule has 152 valence electrons. The van der Waals surface area contributed by atoms with Crippen molar-refractivity contribution in [3.8, 4) is 0 Å². The Morgan fingerprint density at radius 2 is 1.96 bits per heavy atom. The fourth-order valence-electron chi connectivity index (χ4n) is 3.19. The van der Waals surface area contributed by atoms with E-state index in [-0.39, 0.29) is 6.09 Å². The molecule has 1 aromatic rings. The standard InChI is InChI=1S/C21H35N3O2S/c1-3-17-27-20-10-8-9-19(18-20)24-14-12-23(13-15-24)11-6-5-7-16-26-21(25)22-4-2/h8-10,18H,3-7,11-17H2,1-2H3,(H,22,25). The van der Waals surface area contributed by atoms with E-state index >= 15 is 0 Å². The van der Waals surface area contributed by atoms with Crippen LogP contribution in [-0.2, 0) is 4.74 Å². The van der Waals surface area contributed by atoms with E-state index in [9.17, 15) is 4.79 Å². The Morgan fingerprint density at radius 1 is 1.15 bits per heavy atom. The van der Waals surface area contributed by atoms with Gasteiger partial charge in [-0.05, 0) is 63.1 Å². The smallest absolute Gasteiger partial charge is 0.407 e. The van der Waals surface area contributed by atoms with Crippen LogP contribution in [-0.4, -0.2) is 62.6 Å². The molecular weight excluding hydrogens is 358 g/mol. The predicted octanol–water partition coefficient (Wildman–Crippen LogP) is 4.23. The van der Waals surface area contributed by atoms with Crippen LogP contribution in [0.5, 0.6) is 0 Å². The van der Waals surface area contributed by atoms with E-state index in [1.54, 1.807) is 0 Å². The Hall–Kier alpha value is -1.40. The summed E-state index contributed by atoms with van der Waals surface area (Å²) in [6.07, 6.45) is 4.13. The van der Waals surface area contributed by atoms with Crippen LogP contribution in [0.1, 0.15) is 39.5 Å². The number of carbonyl (C=O) groups is 1. The number of anilines is 1. The topological polar surface area (TPSA) is 44.8 Å². The van der Waals surface area contributed by atoms with E-state index in [4.69, 9.17) is 4.74 Å². The Morgan fingerprint density at radius 3 is 2.70 bits per heavy atom. The van der Waals surface area contributed by atoms with Crippen LogP contribution in [0.2, 0.25) is 0 Å². The predicted molar refractivity (Wildman–Crippen MR) is 115 cm³/mol. The largest absolute Gasteiger partial charge is 0.450 e. The summed E-state index contributed by atoms with van der Waals surface area (Å²) in [5.41, 5.74) is 1.36. The number of carbonyl (C=O) groups excluding carboxylic acids is 1. The molecule has 5 nitrogen and oxygen atoms in total. The molecule has 27 heavy (non-hydrogen) atoms. The van der Waals surface area contributed by atoms with Gasteiger partial charge in [0.1, 0.15) is 0 Å². The average Bonchev–Trinajstić information content (AvgIpc) is 2.70. The van der Waals surface area contributed by atoms with Gasteiger partial charge in [0.15, 0.2) is 0 Å². The fraction of sp³-hybridized carbons (Fsp3) is 0.667. The molecule has 0 unspecified atom stereocenters. The number of hydrogen-bond donors (Lipinski definition) is 1. The Labute approximate surface area is 168 Å². The second kappa shape index (κ2) is 12.9. The second-order valence-electron chi connectivity index (χ2n) is 6.90. The van der Waals surface area contributed by atoms with E-state index in [0.29, 0.717) is 13.2 Å². The first kappa shape index (κ1) is 21.9. The van der Waals surface area contributed by atoms with Crippen molar-refractivity contribution >= 4 is 23.5 Å². The van der Waals surface area contributed by atoms with Gasteiger partial charge in [-0.25, -0.2) is 4.79 Å². The van der Waals surface area contributed by atoms with Gasteiger partial charge < -0.3 is 15.0 Å². The third kappa shape index (κ3) is 8.43. The molecule has 0 spiro atoms. The van der Waals surface area contributed by atoms with E-state index in [1.165, 1.54) is 29.2 Å². The van der Waals surface area contributed by atoms with Crippen molar-refractivity contribution < 1.29 is 9.53 Å². The summed E-state index contributed by atoms with van der Waals surface area (Å²) < 4.78 is 5.10. The van der Waals surface area contributed by atoms with E-state index in [0.717, 1.165) is 45.6 Å². The molecule has 1 aromatic carbocycles. The molecule has 1 heterocycles. The first-order valence-electron chi connectivity index (χ1n) is 10.3. The zero-order chi connectivity index (χ0) is 19.3. The highest BCUT2D eigenvalue weighted by atomic mass is 32.2. The summed E-state index contributed by atoms with van der Waals surface area (Å²) in [4.78, 5) is 17.6. The number of nitrogens with zero attached hydrogens (tertiary/aromatic N) is 2. The lowest BCUT2D eigenvalue weighted by atomic mass is 10.2. The quantitative estimate of drug-likeness (QED) is 0.450. The van der Waals surface area contributed by atoms with Gasteiger partial charge in [0.05, 0.1) is 6.61 Å². The van der Waals surface area contributed by atoms with Gasteiger partial charge in [-0.3, -0.25) is 4.90 Å². The monoisotopic (exact) mass is 393 g/mol. The van der Waals surface area contributed by atoms with Crippen LogP contribution in [0.3, 0.4) is 0 Å². The van der Waals surface area contributed by atoms with Crippen molar-refractivity contribution in [1.82, 2.24) is 10.2 Å². The molecule has 1 saturated heterocycles. The van der Waals surface area contributed by atoms with E-state index in [2.05, 4.69) is 46.3 Å². The second-order valence-corrected chi connectivity index (χ2v) is 8.07. The maximum absolute atomic E-state index is 11.2. The molecule has 6 heteroatoms. The minimum atomic E-state index is -0.300. The van der Waals surface area contributed by atoms with Crippen LogP contribution >= 0.6 is 11.8 Å². The van der Waals surface area contributed by atoms with Gasteiger partial charge in [0, 0.05) is 43.3 Å². The van der Waals surface area contributed by atoms with Gasteiger partial charge in [-0.1, -0.05) is 13.0 Å². The zero-order valence-corrected chi connectivity index (χ0v) is 17.7. The van der Waals surface area contributed by atoms with E-state index < -0.39 is 0 Å². The number of amides is 1. The molecule has 0 atom stereocenters. The van der Waals surface area contributed by atoms with Crippen LogP contribution < -0.4 is 10.2 Å². The number of nitrogens with one attached hydrogen (secondary N) is 1. The SMILES string of the molecule is CCCSc1cccc(N2CCN(CCCCCOC(=O)NCC)CC2)c1. The van der Waals surface area contributed by atoms with Gasteiger partial charge in [-0.15, -0.1) is 11.8 Å². The first-order valence-corrected chi connectivity index (χ1v) is 11.3. The number of piperazine rings is 1. The maximum Gasteiger partial charge on any atom is 0.407 e. The van der Waals surface area contributed by atoms with Gasteiger partial charge in [-0.2, -0.15) is 0 Å². The van der Waals surface area contributed by atoms with Crippen molar-refractivity contribution in [1.29, 1.82) is 0 Å². The van der Waals surface area contributed by atoms with Gasteiger partial charge in [0.2, 0.25) is 0 Å². The minimum absolute atomic E-state index is 0.300. The molecule has 0 saturated carbocycles. The van der Waals surface area contributed by atoms with Crippen molar-refractivity contribution in [2.24, 2.45) is 0 Å². The Bertz CT molecular complexity index is 548. The molecule has 1 amide bonds. The lowest BCUT2D eigenvalue weighted by Crippen LogP contribution is -2.46. The van der Waals surface area contributed by atoms with Crippen LogP contribution in [0, 0.1) is 0 Å². The number of hydrogen-bond acceptors (Lipinski definition) is 5.